The van der Waals surface area contributed by atoms with Gasteiger partial charge in [-0.3, -0.25) is 9.78 Å². The predicted octanol–water partition coefficient (Wildman–Crippen LogP) is 3.81. The number of rotatable bonds is 5. The van der Waals surface area contributed by atoms with Crippen molar-refractivity contribution in [2.45, 2.75) is 6.42 Å². The lowest BCUT2D eigenvalue weighted by molar-refractivity contribution is -0.115. The Balaban J connectivity index is 1.53. The number of hydrogen-bond donors (Lipinski definition) is 2. The van der Waals surface area contributed by atoms with E-state index in [0.717, 1.165) is 28.0 Å². The molecule has 1 amide bonds. The van der Waals surface area contributed by atoms with Crippen LogP contribution in [0.25, 0.3) is 22.4 Å². The fourth-order valence-electron chi connectivity index (χ4n) is 2.96. The van der Waals surface area contributed by atoms with Crippen LogP contribution >= 0.6 is 0 Å². The third-order valence-corrected chi connectivity index (χ3v) is 4.26. The number of aromatic nitrogens is 3. The van der Waals surface area contributed by atoms with Gasteiger partial charge in [-0.1, -0.05) is 18.2 Å². The van der Waals surface area contributed by atoms with Gasteiger partial charge in [-0.15, -0.1) is 0 Å². The van der Waals surface area contributed by atoms with Gasteiger partial charge >= 0.3 is 0 Å². The Hall–Kier alpha value is -3.67. The van der Waals surface area contributed by atoms with Gasteiger partial charge in [-0.05, 0) is 36.4 Å². The Labute approximate surface area is 156 Å². The zero-order valence-electron chi connectivity index (χ0n) is 14.8. The fourth-order valence-corrected chi connectivity index (χ4v) is 2.96. The molecule has 2 N–H and O–H groups in total. The predicted molar refractivity (Wildman–Crippen MR) is 105 cm³/mol. The van der Waals surface area contributed by atoms with Gasteiger partial charge in [0.25, 0.3) is 0 Å². The molecule has 6 heteroatoms. The number of carbonyl (C=O) groups excluding carboxylic acids is 1. The molecule has 2 aromatic heterocycles. The van der Waals surface area contributed by atoms with E-state index in [-0.39, 0.29) is 12.3 Å². The highest BCUT2D eigenvalue weighted by atomic mass is 16.5. The number of para-hydroxylation sites is 1. The quantitative estimate of drug-likeness (QED) is 0.568. The maximum atomic E-state index is 12.4. The van der Waals surface area contributed by atoms with Crippen LogP contribution in [-0.4, -0.2) is 28.0 Å². The minimum atomic E-state index is -0.104. The maximum absolute atomic E-state index is 12.4. The van der Waals surface area contributed by atoms with Crippen molar-refractivity contribution in [3.8, 4) is 17.1 Å². The first-order valence-corrected chi connectivity index (χ1v) is 8.55. The molecule has 4 rings (SSSR count). The molecule has 0 bridgehead atoms. The molecule has 0 aliphatic rings. The lowest BCUT2D eigenvalue weighted by Gasteiger charge is -2.09. The van der Waals surface area contributed by atoms with Gasteiger partial charge in [0.2, 0.25) is 5.91 Å². The number of nitrogens with zero attached hydrogens (tertiary/aromatic N) is 2. The largest absolute Gasteiger partial charge is 0.496 e. The molecule has 0 saturated carbocycles. The number of anilines is 1. The summed E-state index contributed by atoms with van der Waals surface area (Å²) in [5, 5.41) is 2.93. The number of hydrogen-bond acceptors (Lipinski definition) is 4. The summed E-state index contributed by atoms with van der Waals surface area (Å²) >= 11 is 0. The molecule has 134 valence electrons. The number of fused-ring (bicyclic) bond motifs is 1. The summed E-state index contributed by atoms with van der Waals surface area (Å²) in [7, 11) is 1.60. The fraction of sp³-hybridized carbons (Fsp3) is 0.0952. The van der Waals surface area contributed by atoms with Crippen LogP contribution in [0, 0.1) is 0 Å². The van der Waals surface area contributed by atoms with Crippen molar-refractivity contribution in [1.82, 2.24) is 15.0 Å². The lowest BCUT2D eigenvalue weighted by atomic mass is 10.1. The Bertz CT molecular complexity index is 1090. The highest BCUT2D eigenvalue weighted by Crippen LogP contribution is 2.23. The number of pyridine rings is 1. The van der Waals surface area contributed by atoms with Crippen molar-refractivity contribution in [2.24, 2.45) is 0 Å². The van der Waals surface area contributed by atoms with Crippen molar-refractivity contribution < 1.29 is 9.53 Å². The second-order valence-corrected chi connectivity index (χ2v) is 6.09. The molecule has 0 radical (unpaired) electrons. The molecule has 0 fully saturated rings. The second-order valence-electron chi connectivity index (χ2n) is 6.09. The van der Waals surface area contributed by atoms with E-state index in [1.807, 2.05) is 54.6 Å². The highest BCUT2D eigenvalue weighted by molar-refractivity contribution is 5.94. The molecular formula is C21H18N4O2. The summed E-state index contributed by atoms with van der Waals surface area (Å²) in [5.41, 5.74) is 4.22. The molecule has 27 heavy (non-hydrogen) atoms. The monoisotopic (exact) mass is 358 g/mol. The minimum Gasteiger partial charge on any atom is -0.496 e. The third kappa shape index (κ3) is 3.64. The molecule has 4 aromatic rings. The molecule has 6 nitrogen and oxygen atoms in total. The van der Waals surface area contributed by atoms with E-state index in [1.54, 1.807) is 19.5 Å². The SMILES string of the molecule is COc1ccccc1CC(=O)Nc1ccc2nc(-c3ccncc3)[nH]c2c1. The van der Waals surface area contributed by atoms with Crippen molar-refractivity contribution >= 4 is 22.6 Å². The smallest absolute Gasteiger partial charge is 0.228 e. The molecule has 0 atom stereocenters. The topological polar surface area (TPSA) is 79.9 Å². The van der Waals surface area contributed by atoms with Gasteiger partial charge < -0.3 is 15.0 Å². The summed E-state index contributed by atoms with van der Waals surface area (Å²) in [6.45, 7) is 0. The number of benzene rings is 2. The average Bonchev–Trinajstić information content (AvgIpc) is 3.12. The summed E-state index contributed by atoms with van der Waals surface area (Å²) in [5.74, 6) is 1.37. The number of aromatic amines is 1. The standard InChI is InChI=1S/C21H18N4O2/c1-27-19-5-3-2-4-15(19)12-20(26)23-16-6-7-17-18(13-16)25-21(24-17)14-8-10-22-11-9-14/h2-11,13H,12H2,1H3,(H,23,26)(H,24,25). The number of ether oxygens (including phenoxy) is 1. The summed E-state index contributed by atoms with van der Waals surface area (Å²) < 4.78 is 5.30. The number of carbonyl (C=O) groups is 1. The molecule has 0 unspecified atom stereocenters. The summed E-state index contributed by atoms with van der Waals surface area (Å²) in [4.78, 5) is 24.3. The van der Waals surface area contributed by atoms with Crippen molar-refractivity contribution in [2.75, 3.05) is 12.4 Å². The molecule has 0 aliphatic carbocycles. The highest BCUT2D eigenvalue weighted by Gasteiger charge is 2.10. The first-order chi connectivity index (χ1) is 13.2. The van der Waals surface area contributed by atoms with Crippen LogP contribution in [0.2, 0.25) is 0 Å². The van der Waals surface area contributed by atoms with E-state index in [0.29, 0.717) is 11.4 Å². The van der Waals surface area contributed by atoms with Gasteiger partial charge in [0.05, 0.1) is 24.6 Å². The zero-order chi connectivity index (χ0) is 18.6. The molecule has 0 spiro atoms. The Morgan fingerprint density at radius 1 is 1.11 bits per heavy atom. The third-order valence-electron chi connectivity index (χ3n) is 4.26. The van der Waals surface area contributed by atoms with Crippen molar-refractivity contribution in [3.63, 3.8) is 0 Å². The molecular weight excluding hydrogens is 340 g/mol. The molecule has 2 aromatic carbocycles. The van der Waals surface area contributed by atoms with Crippen LogP contribution in [0.4, 0.5) is 5.69 Å². The van der Waals surface area contributed by atoms with Gasteiger partial charge in [-0.2, -0.15) is 0 Å². The zero-order valence-corrected chi connectivity index (χ0v) is 14.8. The van der Waals surface area contributed by atoms with Crippen LogP contribution in [0.5, 0.6) is 5.75 Å². The van der Waals surface area contributed by atoms with E-state index in [1.165, 1.54) is 0 Å². The summed E-state index contributed by atoms with van der Waals surface area (Å²) in [6, 6.07) is 16.9. The average molecular weight is 358 g/mol. The second kappa shape index (κ2) is 7.29. The van der Waals surface area contributed by atoms with Gasteiger partial charge in [0.1, 0.15) is 11.6 Å². The minimum absolute atomic E-state index is 0.104. The van der Waals surface area contributed by atoms with Gasteiger partial charge in [0.15, 0.2) is 0 Å². The number of methoxy groups -OCH3 is 1. The first-order valence-electron chi connectivity index (χ1n) is 8.55. The van der Waals surface area contributed by atoms with Crippen molar-refractivity contribution in [3.05, 3.63) is 72.6 Å². The number of imidazole rings is 1. The van der Waals surface area contributed by atoms with E-state index in [4.69, 9.17) is 4.74 Å². The van der Waals surface area contributed by atoms with Crippen molar-refractivity contribution in [1.29, 1.82) is 0 Å². The van der Waals surface area contributed by atoms with E-state index >= 15 is 0 Å². The van der Waals surface area contributed by atoms with Crippen LogP contribution in [-0.2, 0) is 11.2 Å². The van der Waals surface area contributed by atoms with Gasteiger partial charge in [-0.25, -0.2) is 4.98 Å². The molecule has 0 saturated heterocycles. The molecule has 0 aliphatic heterocycles. The number of nitrogens with one attached hydrogen (secondary N) is 2. The normalized spacial score (nSPS) is 10.7. The lowest BCUT2D eigenvalue weighted by Crippen LogP contribution is -2.14. The van der Waals surface area contributed by atoms with Gasteiger partial charge in [0, 0.05) is 29.2 Å². The van der Waals surface area contributed by atoms with Crippen LogP contribution < -0.4 is 10.1 Å². The van der Waals surface area contributed by atoms with E-state index in [2.05, 4.69) is 20.3 Å². The number of amides is 1. The maximum Gasteiger partial charge on any atom is 0.228 e. The van der Waals surface area contributed by atoms with Crippen LogP contribution in [0.1, 0.15) is 5.56 Å². The van der Waals surface area contributed by atoms with E-state index < -0.39 is 0 Å². The number of H-pyrrole nitrogens is 1. The first kappa shape index (κ1) is 16.8. The van der Waals surface area contributed by atoms with Crippen LogP contribution in [0.15, 0.2) is 67.0 Å². The Kier molecular flexibility index (Phi) is 4.53. The van der Waals surface area contributed by atoms with E-state index in [9.17, 15) is 4.79 Å². The Morgan fingerprint density at radius 3 is 2.74 bits per heavy atom. The molecule has 2 heterocycles. The van der Waals surface area contributed by atoms with Crippen LogP contribution in [0.3, 0.4) is 0 Å². The Morgan fingerprint density at radius 2 is 1.93 bits per heavy atom. The summed E-state index contributed by atoms with van der Waals surface area (Å²) in [6.07, 6.45) is 3.70.